The summed E-state index contributed by atoms with van der Waals surface area (Å²) in [5, 5.41) is 18.1. The number of rotatable bonds is 29. The van der Waals surface area contributed by atoms with Crippen LogP contribution in [0.4, 0.5) is 0 Å². The van der Waals surface area contributed by atoms with Crippen molar-refractivity contribution in [1.82, 2.24) is 16.0 Å². The number of aliphatic hydroxyl groups excluding tert-OH is 1. The van der Waals surface area contributed by atoms with E-state index in [-0.39, 0.29) is 74.4 Å². The van der Waals surface area contributed by atoms with E-state index in [1.807, 2.05) is 34.6 Å². The Hall–Kier alpha value is -4.81. The predicted octanol–water partition coefficient (Wildman–Crippen LogP) is -1.83. The van der Waals surface area contributed by atoms with E-state index in [4.69, 9.17) is 34.4 Å². The summed E-state index contributed by atoms with van der Waals surface area (Å²) in [6.45, 7) is 9.04. The van der Waals surface area contributed by atoms with E-state index in [9.17, 15) is 38.7 Å². The van der Waals surface area contributed by atoms with Gasteiger partial charge in [0, 0.05) is 37.8 Å². The van der Waals surface area contributed by atoms with Crippen molar-refractivity contribution >= 4 is 53.0 Å². The van der Waals surface area contributed by atoms with Gasteiger partial charge in [-0.1, -0.05) is 41.0 Å². The molecule has 0 aromatic rings. The summed E-state index contributed by atoms with van der Waals surface area (Å²) in [7, 11) is 0. The molecule has 7 atom stereocenters. The van der Waals surface area contributed by atoms with Gasteiger partial charge in [0.15, 0.2) is 23.5 Å². The van der Waals surface area contributed by atoms with E-state index in [2.05, 4.69) is 25.9 Å². The molecule has 19 nitrogen and oxygen atoms in total. The molecule has 0 rings (SSSR count). The second-order valence-corrected chi connectivity index (χ2v) is 14.1. The summed E-state index contributed by atoms with van der Waals surface area (Å²) in [6.07, 6.45) is 0.939. The second-order valence-electron chi connectivity index (χ2n) is 14.1. The number of nitrogens with zero attached hydrogens (tertiary/aromatic N) is 2. The first-order valence-corrected chi connectivity index (χ1v) is 18.5. The number of amides is 5. The van der Waals surface area contributed by atoms with Gasteiger partial charge in [-0.2, -0.15) is 0 Å². The lowest BCUT2D eigenvalue weighted by Gasteiger charge is -2.27. The van der Waals surface area contributed by atoms with Crippen molar-refractivity contribution in [3.05, 3.63) is 0 Å². The molecular weight excluding hydrogens is 702 g/mol. The fourth-order valence-corrected chi connectivity index (χ4v) is 5.85. The molecule has 0 fully saturated rings. The summed E-state index contributed by atoms with van der Waals surface area (Å²) in [5.74, 6) is -7.74. The lowest BCUT2D eigenvalue weighted by molar-refractivity contribution is -0.136. The highest BCUT2D eigenvalue weighted by Crippen LogP contribution is 2.21. The van der Waals surface area contributed by atoms with Gasteiger partial charge >= 0.3 is 0 Å². The fourth-order valence-electron chi connectivity index (χ4n) is 5.85. The summed E-state index contributed by atoms with van der Waals surface area (Å²) < 4.78 is 0. The molecule has 0 spiro atoms. The minimum absolute atomic E-state index is 0.0578. The Kier molecular flexibility index (Phi) is 23.7. The Balaban J connectivity index is 6.19. The van der Waals surface area contributed by atoms with Gasteiger partial charge in [0.1, 0.15) is 6.04 Å². The van der Waals surface area contributed by atoms with Gasteiger partial charge in [-0.05, 0) is 50.4 Å². The molecule has 54 heavy (non-hydrogen) atoms. The van der Waals surface area contributed by atoms with Gasteiger partial charge in [-0.3, -0.25) is 43.5 Å². The predicted molar refractivity (Wildman–Crippen MR) is 205 cm³/mol. The number of aliphatic imine (C=N–C) groups is 2. The van der Waals surface area contributed by atoms with Crippen LogP contribution in [0, 0.1) is 29.6 Å². The van der Waals surface area contributed by atoms with Crippen LogP contribution in [-0.2, 0) is 33.6 Å². The number of aliphatic hydroxyl groups is 1. The Morgan fingerprint density at radius 2 is 1.09 bits per heavy atom. The molecule has 0 aromatic carbocycles. The lowest BCUT2D eigenvalue weighted by atomic mass is 9.87. The van der Waals surface area contributed by atoms with Gasteiger partial charge in [-0.15, -0.1) is 0 Å². The number of hydrogen-bond acceptors (Lipinski definition) is 10. The molecule has 0 aromatic heterocycles. The zero-order valence-corrected chi connectivity index (χ0v) is 32.5. The number of Topliss-reactive ketones (excluding diaryl/α,β-unsaturated/α-hetero) is 2. The molecule has 0 saturated carbocycles. The summed E-state index contributed by atoms with van der Waals surface area (Å²) in [6, 6.07) is -3.53. The standard InChI is InChI=1S/C35H65N11O8/c1-6-20(5)23(7-2)33(54)44-24(11-9-13-43-35(40)41)27(48)16-22(18-47)32(53)45-25(14-19(3)4)28(49)15-21(10-8-12-42-34(38)39)31(52)46-26(30(37)51)17-29(36)50/h19-26,47H,6-18H2,1-5H3,(H2,36,50)(H2,37,51)(H,44,54)(H,45,53)(H,46,52)(H4,38,39,42)(H4,40,41,43)/t20-,21+,22-,23-,24-,25-,26-/m0/s1. The molecule has 0 aliphatic heterocycles. The molecule has 0 heterocycles. The van der Waals surface area contributed by atoms with Gasteiger partial charge in [0.25, 0.3) is 0 Å². The van der Waals surface area contributed by atoms with E-state index < -0.39 is 91.0 Å². The molecule has 16 N–H and O–H groups in total. The molecule has 0 saturated heterocycles. The number of nitrogens with one attached hydrogen (secondary N) is 3. The Morgan fingerprint density at radius 1 is 0.611 bits per heavy atom. The summed E-state index contributed by atoms with van der Waals surface area (Å²) in [4.78, 5) is 98.7. The number of primary amides is 2. The number of nitrogens with two attached hydrogens (primary N) is 6. The SMILES string of the molecule is CC[C@H](C(=O)N[C@@H](CCCN=C(N)N)C(=O)C[C@@H](CO)C(=O)N[C@@H](CC(C)C)C(=O)C[C@@H](CCCN=C(N)N)C(=O)N[C@@H](CC(N)=O)C(N)=O)[C@@H](C)CC. The third kappa shape index (κ3) is 19.9. The second kappa shape index (κ2) is 26.0. The molecule has 5 amide bonds. The lowest BCUT2D eigenvalue weighted by Crippen LogP contribution is -2.50. The molecule has 0 aliphatic carbocycles. The number of carbonyl (C=O) groups is 7. The monoisotopic (exact) mass is 768 g/mol. The molecule has 19 heteroatoms. The van der Waals surface area contributed by atoms with Crippen molar-refractivity contribution in [1.29, 1.82) is 0 Å². The Morgan fingerprint density at radius 3 is 1.56 bits per heavy atom. The van der Waals surface area contributed by atoms with Crippen LogP contribution in [0.5, 0.6) is 0 Å². The van der Waals surface area contributed by atoms with E-state index in [0.717, 1.165) is 6.42 Å². The quantitative estimate of drug-likeness (QED) is 0.0228. The van der Waals surface area contributed by atoms with Crippen molar-refractivity contribution in [2.24, 2.45) is 74.0 Å². The maximum Gasteiger partial charge on any atom is 0.240 e. The van der Waals surface area contributed by atoms with E-state index in [1.54, 1.807) is 0 Å². The van der Waals surface area contributed by atoms with Gasteiger partial charge in [0.05, 0.1) is 31.0 Å². The first-order chi connectivity index (χ1) is 25.3. The molecular formula is C35H65N11O8. The summed E-state index contributed by atoms with van der Waals surface area (Å²) >= 11 is 0. The van der Waals surface area contributed by atoms with Crippen molar-refractivity contribution in [2.75, 3.05) is 19.7 Å². The molecule has 0 radical (unpaired) electrons. The maximum atomic E-state index is 13.8. The normalized spacial score (nSPS) is 14.9. The topological polar surface area (TPSA) is 357 Å². The van der Waals surface area contributed by atoms with E-state index in [1.165, 1.54) is 0 Å². The van der Waals surface area contributed by atoms with Gasteiger partial charge < -0.3 is 55.5 Å². The first-order valence-electron chi connectivity index (χ1n) is 18.5. The largest absolute Gasteiger partial charge is 0.396 e. The minimum Gasteiger partial charge on any atom is -0.396 e. The number of guanidine groups is 2. The Bertz CT molecular complexity index is 1320. The zero-order chi connectivity index (χ0) is 41.5. The van der Waals surface area contributed by atoms with Crippen molar-refractivity contribution in [3.63, 3.8) is 0 Å². The van der Waals surface area contributed by atoms with Crippen LogP contribution in [0.15, 0.2) is 9.98 Å². The summed E-state index contributed by atoms with van der Waals surface area (Å²) in [5.41, 5.74) is 32.2. The van der Waals surface area contributed by atoms with Gasteiger partial charge in [0.2, 0.25) is 29.5 Å². The fraction of sp³-hybridized carbons (Fsp3) is 0.743. The minimum atomic E-state index is -1.41. The van der Waals surface area contributed by atoms with E-state index >= 15 is 0 Å². The number of hydrogen-bond donors (Lipinski definition) is 10. The number of carbonyl (C=O) groups excluding carboxylic acids is 7. The third-order valence-electron chi connectivity index (χ3n) is 9.10. The average Bonchev–Trinajstić information content (AvgIpc) is 3.08. The highest BCUT2D eigenvalue weighted by atomic mass is 16.3. The molecule has 308 valence electrons. The van der Waals surface area contributed by atoms with Crippen LogP contribution in [0.1, 0.15) is 98.8 Å². The average molecular weight is 768 g/mol. The highest BCUT2D eigenvalue weighted by Gasteiger charge is 2.34. The third-order valence-corrected chi connectivity index (χ3v) is 9.10. The van der Waals surface area contributed by atoms with Crippen molar-refractivity contribution in [3.8, 4) is 0 Å². The van der Waals surface area contributed by atoms with Crippen molar-refractivity contribution in [2.45, 2.75) is 117 Å². The van der Waals surface area contributed by atoms with Crippen LogP contribution >= 0.6 is 0 Å². The van der Waals surface area contributed by atoms with Crippen LogP contribution < -0.4 is 50.4 Å². The molecule has 0 bridgehead atoms. The zero-order valence-electron chi connectivity index (χ0n) is 32.5. The first kappa shape index (κ1) is 49.2. The Labute approximate surface area is 318 Å². The van der Waals surface area contributed by atoms with Crippen LogP contribution in [-0.4, -0.2) is 95.9 Å². The van der Waals surface area contributed by atoms with E-state index in [0.29, 0.717) is 12.8 Å². The molecule has 0 aliphatic rings. The maximum absolute atomic E-state index is 13.8. The van der Waals surface area contributed by atoms with Gasteiger partial charge in [-0.25, -0.2) is 0 Å². The smallest absolute Gasteiger partial charge is 0.240 e. The highest BCUT2D eigenvalue weighted by molar-refractivity contribution is 5.96. The number of ketones is 2. The van der Waals surface area contributed by atoms with Crippen LogP contribution in [0.3, 0.4) is 0 Å². The van der Waals surface area contributed by atoms with Crippen molar-refractivity contribution < 1.29 is 38.7 Å². The molecule has 0 unspecified atom stereocenters. The van der Waals surface area contributed by atoms with Crippen LogP contribution in [0.2, 0.25) is 0 Å². The van der Waals surface area contributed by atoms with Crippen LogP contribution in [0.25, 0.3) is 0 Å².